The molecule has 2 aliphatic heterocycles. The highest BCUT2D eigenvalue weighted by atomic mass is 16.5. The lowest BCUT2D eigenvalue weighted by molar-refractivity contribution is 0.122. The molecule has 0 amide bonds. The van der Waals surface area contributed by atoms with Crippen molar-refractivity contribution in [2.75, 3.05) is 44.8 Å². The fourth-order valence-corrected chi connectivity index (χ4v) is 4.42. The maximum Gasteiger partial charge on any atom is 0.226 e. The number of nitrogens with zero attached hydrogens (tertiary/aromatic N) is 7. The summed E-state index contributed by atoms with van der Waals surface area (Å²) in [4.78, 5) is 22.1. The second kappa shape index (κ2) is 7.44. The summed E-state index contributed by atoms with van der Waals surface area (Å²) in [5.74, 6) is 0.738. The zero-order valence-electron chi connectivity index (χ0n) is 17.5. The van der Waals surface area contributed by atoms with Gasteiger partial charge in [0.25, 0.3) is 0 Å². The molecule has 0 unspecified atom stereocenters. The number of anilines is 1. The Hall–Kier alpha value is -3.30. The van der Waals surface area contributed by atoms with Crippen molar-refractivity contribution in [1.29, 1.82) is 0 Å². The monoisotopic (exact) mass is 416 g/mol. The van der Waals surface area contributed by atoms with Gasteiger partial charge in [-0.25, -0.2) is 9.97 Å². The molecule has 0 spiro atoms. The summed E-state index contributed by atoms with van der Waals surface area (Å²) in [6.45, 7) is 5.75. The van der Waals surface area contributed by atoms with Crippen LogP contribution in [0.4, 0.5) is 5.95 Å². The molecule has 158 valence electrons. The van der Waals surface area contributed by atoms with Gasteiger partial charge < -0.3 is 14.6 Å². The van der Waals surface area contributed by atoms with Gasteiger partial charge in [0.2, 0.25) is 5.95 Å². The van der Waals surface area contributed by atoms with Crippen LogP contribution in [0.1, 0.15) is 5.69 Å². The summed E-state index contributed by atoms with van der Waals surface area (Å²) < 4.78 is 7.65. The fraction of sp³-hybridized carbons (Fsp3) is 0.364. The molecular formula is C22H24N8O. The number of morpholine rings is 1. The van der Waals surface area contributed by atoms with Gasteiger partial charge in [-0.1, -0.05) is 0 Å². The van der Waals surface area contributed by atoms with Crippen LogP contribution in [0.3, 0.4) is 0 Å². The quantitative estimate of drug-likeness (QED) is 0.548. The molecule has 4 aromatic heterocycles. The van der Waals surface area contributed by atoms with Crippen molar-refractivity contribution >= 4 is 17.0 Å². The maximum atomic E-state index is 5.54. The Morgan fingerprint density at radius 1 is 1.00 bits per heavy atom. The number of pyridine rings is 1. The molecule has 1 N–H and O–H groups in total. The molecule has 2 aliphatic rings. The summed E-state index contributed by atoms with van der Waals surface area (Å²) in [5, 5.41) is 4.64. The Bertz CT molecular complexity index is 1230. The predicted octanol–water partition coefficient (Wildman–Crippen LogP) is 2.17. The number of nitrogens with one attached hydrogen (secondary N) is 1. The highest BCUT2D eigenvalue weighted by molar-refractivity contribution is 6.00. The van der Waals surface area contributed by atoms with E-state index in [1.165, 1.54) is 5.69 Å². The molecule has 1 fully saturated rings. The highest BCUT2D eigenvalue weighted by Crippen LogP contribution is 2.36. The first kappa shape index (κ1) is 18.5. The second-order valence-corrected chi connectivity index (χ2v) is 8.10. The van der Waals surface area contributed by atoms with Crippen LogP contribution in [-0.4, -0.2) is 74.5 Å². The van der Waals surface area contributed by atoms with Crippen molar-refractivity contribution < 1.29 is 4.74 Å². The summed E-state index contributed by atoms with van der Waals surface area (Å²) in [5.41, 5.74) is 7.19. The van der Waals surface area contributed by atoms with Crippen LogP contribution in [-0.2, 0) is 17.8 Å². The van der Waals surface area contributed by atoms with Gasteiger partial charge in [0.1, 0.15) is 11.2 Å². The summed E-state index contributed by atoms with van der Waals surface area (Å²) in [7, 11) is 2.15. The van der Waals surface area contributed by atoms with Crippen LogP contribution in [0, 0.1) is 0 Å². The van der Waals surface area contributed by atoms with Crippen LogP contribution in [0.2, 0.25) is 0 Å². The maximum absolute atomic E-state index is 5.54. The van der Waals surface area contributed by atoms with Crippen molar-refractivity contribution in [3.8, 4) is 22.4 Å². The minimum Gasteiger partial charge on any atom is -0.378 e. The summed E-state index contributed by atoms with van der Waals surface area (Å²) >= 11 is 0. The third-order valence-corrected chi connectivity index (χ3v) is 6.11. The van der Waals surface area contributed by atoms with E-state index in [0.717, 1.165) is 72.1 Å². The van der Waals surface area contributed by atoms with Gasteiger partial charge in [-0.2, -0.15) is 5.10 Å². The Kier molecular flexibility index (Phi) is 4.43. The lowest BCUT2D eigenvalue weighted by Gasteiger charge is -2.27. The average molecular weight is 416 g/mol. The van der Waals surface area contributed by atoms with E-state index in [1.54, 1.807) is 12.4 Å². The molecule has 1 saturated heterocycles. The number of fused-ring (bicyclic) bond motifs is 2. The zero-order valence-corrected chi connectivity index (χ0v) is 17.5. The Morgan fingerprint density at radius 2 is 1.84 bits per heavy atom. The number of rotatable bonds is 3. The third kappa shape index (κ3) is 3.17. The van der Waals surface area contributed by atoms with Gasteiger partial charge in [-0.05, 0) is 19.2 Å². The van der Waals surface area contributed by atoms with Crippen molar-refractivity contribution in [2.45, 2.75) is 13.1 Å². The van der Waals surface area contributed by atoms with E-state index < -0.39 is 0 Å². The van der Waals surface area contributed by atoms with Gasteiger partial charge in [0, 0.05) is 61.5 Å². The normalized spacial score (nSPS) is 17.3. The minimum absolute atomic E-state index is 0.690. The number of aromatic nitrogens is 6. The standard InChI is InChI=1S/C22H24N8O/c1-28-6-7-30-18(14-28)16(13-25-30)17-12-24-21-19(15-2-4-23-5-3-15)26-22(27-20(17)21)29-8-10-31-11-9-29/h2-5,12-13,24H,6-11,14H2,1H3. The molecule has 9 nitrogen and oxygen atoms in total. The molecule has 6 heterocycles. The summed E-state index contributed by atoms with van der Waals surface area (Å²) in [6, 6.07) is 3.98. The Balaban J connectivity index is 1.55. The lowest BCUT2D eigenvalue weighted by Crippen LogP contribution is -2.37. The SMILES string of the molecule is CN1CCn2ncc(-c3c[nH]c4c(-c5ccncc5)nc(N5CCOCC5)nc34)c2C1. The number of likely N-dealkylation sites (N-methyl/N-ethyl adjacent to an activating group) is 1. The molecule has 31 heavy (non-hydrogen) atoms. The number of aromatic amines is 1. The molecule has 0 aliphatic carbocycles. The van der Waals surface area contributed by atoms with Crippen LogP contribution in [0.5, 0.6) is 0 Å². The first-order valence-electron chi connectivity index (χ1n) is 10.6. The molecular weight excluding hydrogens is 392 g/mol. The van der Waals surface area contributed by atoms with Crippen molar-refractivity contribution in [1.82, 2.24) is 34.6 Å². The molecule has 6 rings (SSSR count). The first-order chi connectivity index (χ1) is 15.3. The van der Waals surface area contributed by atoms with Crippen molar-refractivity contribution in [3.63, 3.8) is 0 Å². The van der Waals surface area contributed by atoms with Crippen molar-refractivity contribution in [3.05, 3.63) is 42.6 Å². The smallest absolute Gasteiger partial charge is 0.226 e. The van der Waals surface area contributed by atoms with E-state index in [4.69, 9.17) is 14.7 Å². The molecule has 0 radical (unpaired) electrons. The highest BCUT2D eigenvalue weighted by Gasteiger charge is 2.24. The number of hydrogen-bond acceptors (Lipinski definition) is 7. The Morgan fingerprint density at radius 3 is 2.68 bits per heavy atom. The Labute approximate surface area is 179 Å². The molecule has 4 aromatic rings. The molecule has 0 saturated carbocycles. The van der Waals surface area contributed by atoms with Crippen LogP contribution in [0.15, 0.2) is 36.9 Å². The molecule has 0 aromatic carbocycles. The first-order valence-corrected chi connectivity index (χ1v) is 10.6. The third-order valence-electron chi connectivity index (χ3n) is 6.11. The van der Waals surface area contributed by atoms with E-state index in [-0.39, 0.29) is 0 Å². The summed E-state index contributed by atoms with van der Waals surface area (Å²) in [6.07, 6.45) is 7.61. The van der Waals surface area contributed by atoms with Crippen LogP contribution in [0.25, 0.3) is 33.4 Å². The fourth-order valence-electron chi connectivity index (χ4n) is 4.42. The number of hydrogen-bond donors (Lipinski definition) is 1. The molecule has 0 atom stereocenters. The number of ether oxygens (including phenoxy) is 1. The van der Waals surface area contributed by atoms with E-state index in [9.17, 15) is 0 Å². The van der Waals surface area contributed by atoms with Gasteiger partial charge in [0.05, 0.1) is 37.2 Å². The largest absolute Gasteiger partial charge is 0.378 e. The lowest BCUT2D eigenvalue weighted by atomic mass is 10.1. The van der Waals surface area contributed by atoms with Gasteiger partial charge in [-0.15, -0.1) is 0 Å². The number of H-pyrrole nitrogens is 1. The van der Waals surface area contributed by atoms with Gasteiger partial charge in [0.15, 0.2) is 0 Å². The topological polar surface area (TPSA) is 88.0 Å². The zero-order chi connectivity index (χ0) is 20.8. The van der Waals surface area contributed by atoms with Crippen LogP contribution < -0.4 is 4.90 Å². The van der Waals surface area contributed by atoms with Gasteiger partial charge in [-0.3, -0.25) is 14.6 Å². The van der Waals surface area contributed by atoms with E-state index >= 15 is 0 Å². The molecule has 0 bridgehead atoms. The minimum atomic E-state index is 0.690. The van der Waals surface area contributed by atoms with E-state index in [0.29, 0.717) is 13.2 Å². The second-order valence-electron chi connectivity index (χ2n) is 8.10. The molecule has 9 heteroatoms. The average Bonchev–Trinajstić information content (AvgIpc) is 3.43. The van der Waals surface area contributed by atoms with E-state index in [2.05, 4.69) is 36.6 Å². The van der Waals surface area contributed by atoms with E-state index in [1.807, 2.05) is 24.5 Å². The van der Waals surface area contributed by atoms with Gasteiger partial charge >= 0.3 is 0 Å². The predicted molar refractivity (Wildman–Crippen MR) is 118 cm³/mol. The van der Waals surface area contributed by atoms with Crippen LogP contribution >= 0.6 is 0 Å². The van der Waals surface area contributed by atoms with Crippen molar-refractivity contribution in [2.24, 2.45) is 0 Å².